The maximum Gasteiger partial charge on any atom is 0.240 e. The lowest BCUT2D eigenvalue weighted by Gasteiger charge is -2.05. The number of nitrogens with zero attached hydrogens (tertiary/aromatic N) is 1. The van der Waals surface area contributed by atoms with Gasteiger partial charge in [-0.25, -0.2) is 0 Å². The molecule has 0 fully saturated rings. The van der Waals surface area contributed by atoms with Crippen molar-refractivity contribution in [3.8, 4) is 6.19 Å². The maximum absolute atomic E-state index is 10.7. The van der Waals surface area contributed by atoms with E-state index in [-0.39, 0.29) is 18.5 Å². The minimum Gasteiger partial charge on any atom is -0.352 e. The van der Waals surface area contributed by atoms with Crippen LogP contribution >= 0.6 is 0 Å². The zero-order chi connectivity index (χ0) is 7.98. The first-order valence-corrected chi connectivity index (χ1v) is 3.08. The van der Waals surface area contributed by atoms with Gasteiger partial charge in [-0.2, -0.15) is 5.26 Å². The van der Waals surface area contributed by atoms with E-state index in [1.807, 2.05) is 13.8 Å². The molecule has 0 aromatic heterocycles. The van der Waals surface area contributed by atoms with E-state index in [9.17, 15) is 4.79 Å². The SMILES string of the molecule is CC(C)NC(=O)CNC#N. The second-order valence-electron chi connectivity index (χ2n) is 2.19. The van der Waals surface area contributed by atoms with Gasteiger partial charge in [0.25, 0.3) is 0 Å². The third-order valence-electron chi connectivity index (χ3n) is 0.778. The monoisotopic (exact) mass is 141 g/mol. The lowest BCUT2D eigenvalue weighted by Crippen LogP contribution is -2.36. The summed E-state index contributed by atoms with van der Waals surface area (Å²) in [4.78, 5) is 10.7. The van der Waals surface area contributed by atoms with E-state index in [0.717, 1.165) is 0 Å². The summed E-state index contributed by atoms with van der Waals surface area (Å²) in [6, 6.07) is 0.132. The Morgan fingerprint density at radius 1 is 1.70 bits per heavy atom. The Kier molecular flexibility index (Phi) is 4.05. The lowest BCUT2D eigenvalue weighted by molar-refractivity contribution is -0.120. The van der Waals surface area contributed by atoms with Crippen LogP contribution in [0.15, 0.2) is 0 Å². The summed E-state index contributed by atoms with van der Waals surface area (Å²) in [6.07, 6.45) is 1.66. The number of rotatable bonds is 3. The molecule has 1 amide bonds. The van der Waals surface area contributed by atoms with Crippen LogP contribution in [0.1, 0.15) is 13.8 Å². The van der Waals surface area contributed by atoms with Crippen LogP contribution in [0.5, 0.6) is 0 Å². The molecule has 56 valence electrons. The number of carbonyl (C=O) groups is 1. The van der Waals surface area contributed by atoms with Crippen LogP contribution in [-0.2, 0) is 4.79 Å². The molecule has 0 aliphatic carbocycles. The summed E-state index contributed by atoms with van der Waals surface area (Å²) in [7, 11) is 0. The number of hydrogen-bond acceptors (Lipinski definition) is 3. The van der Waals surface area contributed by atoms with Gasteiger partial charge in [0.15, 0.2) is 6.19 Å². The summed E-state index contributed by atoms with van der Waals surface area (Å²) >= 11 is 0. The number of amides is 1. The third kappa shape index (κ3) is 4.91. The van der Waals surface area contributed by atoms with Crippen molar-refractivity contribution in [3.05, 3.63) is 0 Å². The molecule has 0 aliphatic heterocycles. The Morgan fingerprint density at radius 3 is 2.70 bits per heavy atom. The highest BCUT2D eigenvalue weighted by Gasteiger charge is 1.99. The largest absolute Gasteiger partial charge is 0.352 e. The van der Waals surface area contributed by atoms with Crippen LogP contribution in [0.2, 0.25) is 0 Å². The molecule has 0 aromatic carbocycles. The molecular weight excluding hydrogens is 130 g/mol. The van der Waals surface area contributed by atoms with Crippen molar-refractivity contribution in [2.24, 2.45) is 0 Å². The normalized spacial score (nSPS) is 8.60. The Morgan fingerprint density at radius 2 is 2.30 bits per heavy atom. The lowest BCUT2D eigenvalue weighted by atomic mass is 10.4. The maximum atomic E-state index is 10.7. The van der Waals surface area contributed by atoms with E-state index < -0.39 is 0 Å². The van der Waals surface area contributed by atoms with Crippen LogP contribution in [0.3, 0.4) is 0 Å². The molecular formula is C6H11N3O. The van der Waals surface area contributed by atoms with Gasteiger partial charge in [0.05, 0.1) is 0 Å². The molecule has 0 atom stereocenters. The van der Waals surface area contributed by atoms with Gasteiger partial charge in [-0.1, -0.05) is 0 Å². The number of hydrogen-bond donors (Lipinski definition) is 2. The van der Waals surface area contributed by atoms with Gasteiger partial charge in [-0.15, -0.1) is 0 Å². The van der Waals surface area contributed by atoms with Crippen LogP contribution < -0.4 is 10.6 Å². The van der Waals surface area contributed by atoms with Gasteiger partial charge in [0.1, 0.15) is 6.54 Å². The predicted octanol–water partition coefficient (Wildman–Crippen LogP) is -0.418. The topological polar surface area (TPSA) is 64.9 Å². The minimum absolute atomic E-state index is 0.0642. The van der Waals surface area contributed by atoms with Crippen LogP contribution in [0.4, 0.5) is 0 Å². The molecule has 0 unspecified atom stereocenters. The van der Waals surface area contributed by atoms with Crippen molar-refractivity contribution in [2.45, 2.75) is 19.9 Å². The van der Waals surface area contributed by atoms with E-state index in [1.165, 1.54) is 0 Å². The summed E-state index contributed by atoms with van der Waals surface area (Å²) in [5.74, 6) is -0.156. The Balaban J connectivity index is 3.37. The zero-order valence-corrected chi connectivity index (χ0v) is 6.14. The Hall–Kier alpha value is -1.24. The first-order valence-electron chi connectivity index (χ1n) is 3.08. The first-order chi connectivity index (χ1) is 4.66. The van der Waals surface area contributed by atoms with Gasteiger partial charge in [0.2, 0.25) is 5.91 Å². The highest BCUT2D eigenvalue weighted by molar-refractivity contribution is 5.78. The fourth-order valence-electron chi connectivity index (χ4n) is 0.493. The van der Waals surface area contributed by atoms with Crippen LogP contribution in [0, 0.1) is 11.5 Å². The van der Waals surface area contributed by atoms with Gasteiger partial charge < -0.3 is 10.6 Å². The molecule has 0 radical (unpaired) electrons. The van der Waals surface area contributed by atoms with Crippen LogP contribution in [0.25, 0.3) is 0 Å². The fraction of sp³-hybridized carbons (Fsp3) is 0.667. The standard InChI is InChI=1S/C6H11N3O/c1-5(2)9-6(10)3-8-4-7/h5,8H,3H2,1-2H3,(H,9,10). The number of carbonyl (C=O) groups excluding carboxylic acids is 1. The molecule has 4 nitrogen and oxygen atoms in total. The molecule has 0 saturated carbocycles. The second-order valence-corrected chi connectivity index (χ2v) is 2.19. The first kappa shape index (κ1) is 8.76. The van der Waals surface area contributed by atoms with Gasteiger partial charge in [-0.05, 0) is 13.8 Å². The molecule has 0 aromatic rings. The summed E-state index contributed by atoms with van der Waals surface area (Å²) in [5.41, 5.74) is 0. The van der Waals surface area contributed by atoms with Crippen molar-refractivity contribution in [3.63, 3.8) is 0 Å². The molecule has 4 heteroatoms. The molecule has 0 aliphatic rings. The Bertz CT molecular complexity index is 148. The van der Waals surface area contributed by atoms with Gasteiger partial charge in [-0.3, -0.25) is 4.79 Å². The predicted molar refractivity (Wildman–Crippen MR) is 36.9 cm³/mol. The van der Waals surface area contributed by atoms with E-state index in [2.05, 4.69) is 10.6 Å². The number of nitrogens with one attached hydrogen (secondary N) is 2. The molecule has 0 heterocycles. The zero-order valence-electron chi connectivity index (χ0n) is 6.14. The van der Waals surface area contributed by atoms with Crippen molar-refractivity contribution in [1.82, 2.24) is 10.6 Å². The smallest absolute Gasteiger partial charge is 0.240 e. The summed E-state index contributed by atoms with van der Waals surface area (Å²) < 4.78 is 0. The summed E-state index contributed by atoms with van der Waals surface area (Å²) in [6.45, 7) is 3.79. The second kappa shape index (κ2) is 4.62. The molecule has 0 bridgehead atoms. The number of nitriles is 1. The van der Waals surface area contributed by atoms with Gasteiger partial charge in [0, 0.05) is 6.04 Å². The average Bonchev–Trinajstić information content (AvgIpc) is 1.82. The molecule has 0 spiro atoms. The molecule has 2 N–H and O–H groups in total. The Labute approximate surface area is 60.2 Å². The summed E-state index contributed by atoms with van der Waals surface area (Å²) in [5, 5.41) is 12.9. The van der Waals surface area contributed by atoms with E-state index in [0.29, 0.717) is 0 Å². The highest BCUT2D eigenvalue weighted by Crippen LogP contribution is 1.74. The highest BCUT2D eigenvalue weighted by atomic mass is 16.1. The fourth-order valence-corrected chi connectivity index (χ4v) is 0.493. The minimum atomic E-state index is -0.156. The van der Waals surface area contributed by atoms with Crippen molar-refractivity contribution >= 4 is 5.91 Å². The average molecular weight is 141 g/mol. The van der Waals surface area contributed by atoms with Crippen molar-refractivity contribution < 1.29 is 4.79 Å². The molecule has 0 saturated heterocycles. The molecule has 0 rings (SSSR count). The van der Waals surface area contributed by atoms with E-state index in [4.69, 9.17) is 5.26 Å². The van der Waals surface area contributed by atoms with Crippen LogP contribution in [-0.4, -0.2) is 18.5 Å². The van der Waals surface area contributed by atoms with Crippen molar-refractivity contribution in [1.29, 1.82) is 5.26 Å². The quantitative estimate of drug-likeness (QED) is 0.414. The van der Waals surface area contributed by atoms with Gasteiger partial charge >= 0.3 is 0 Å². The van der Waals surface area contributed by atoms with Crippen molar-refractivity contribution in [2.75, 3.05) is 6.54 Å². The third-order valence-corrected chi connectivity index (χ3v) is 0.778. The molecule has 10 heavy (non-hydrogen) atoms. The van der Waals surface area contributed by atoms with E-state index in [1.54, 1.807) is 6.19 Å². The van der Waals surface area contributed by atoms with E-state index >= 15 is 0 Å².